The molecule has 0 aromatic carbocycles. The van der Waals surface area contributed by atoms with E-state index < -0.39 is 11.5 Å². The Morgan fingerprint density at radius 1 is 1.69 bits per heavy atom. The van der Waals surface area contributed by atoms with Crippen LogP contribution in [-0.2, 0) is 9.59 Å². The fourth-order valence-electron chi connectivity index (χ4n) is 1.82. The predicted molar refractivity (Wildman–Crippen MR) is 47.2 cm³/mol. The molecule has 4 heteroatoms. The SMILES string of the molecule is CC(C)CC1(C(=O)O)CCC(=O)N1. The van der Waals surface area contributed by atoms with E-state index in [9.17, 15) is 9.59 Å². The minimum atomic E-state index is -0.995. The van der Waals surface area contributed by atoms with E-state index in [1.807, 2.05) is 13.8 Å². The number of hydrogen-bond donors (Lipinski definition) is 2. The molecule has 1 amide bonds. The minimum Gasteiger partial charge on any atom is -0.480 e. The minimum absolute atomic E-state index is 0.150. The molecule has 0 spiro atoms. The first-order chi connectivity index (χ1) is 5.96. The lowest BCUT2D eigenvalue weighted by molar-refractivity contribution is -0.146. The van der Waals surface area contributed by atoms with Crippen molar-refractivity contribution in [1.29, 1.82) is 0 Å². The van der Waals surface area contributed by atoms with E-state index in [0.717, 1.165) is 0 Å². The fraction of sp³-hybridized carbons (Fsp3) is 0.778. The topological polar surface area (TPSA) is 66.4 Å². The van der Waals surface area contributed by atoms with Crippen molar-refractivity contribution in [1.82, 2.24) is 5.32 Å². The van der Waals surface area contributed by atoms with Crippen LogP contribution in [0.1, 0.15) is 33.1 Å². The van der Waals surface area contributed by atoms with Crippen LogP contribution in [0.2, 0.25) is 0 Å². The molecule has 1 aliphatic heterocycles. The Hall–Kier alpha value is -1.06. The number of carboxylic acids is 1. The molecular weight excluding hydrogens is 170 g/mol. The molecule has 4 nitrogen and oxygen atoms in total. The average molecular weight is 185 g/mol. The van der Waals surface area contributed by atoms with Crippen molar-refractivity contribution in [2.45, 2.75) is 38.6 Å². The molecule has 1 aliphatic rings. The number of aliphatic carboxylic acids is 1. The molecule has 0 aromatic heterocycles. The molecule has 0 saturated carbocycles. The average Bonchev–Trinajstić information content (AvgIpc) is 2.31. The Kier molecular flexibility index (Phi) is 2.59. The molecule has 1 fully saturated rings. The van der Waals surface area contributed by atoms with Crippen molar-refractivity contribution in [2.24, 2.45) is 5.92 Å². The Morgan fingerprint density at radius 3 is 2.62 bits per heavy atom. The van der Waals surface area contributed by atoms with Crippen LogP contribution in [0.15, 0.2) is 0 Å². The highest BCUT2D eigenvalue weighted by Crippen LogP contribution is 2.27. The molecule has 1 atom stereocenters. The largest absolute Gasteiger partial charge is 0.480 e. The van der Waals surface area contributed by atoms with E-state index in [4.69, 9.17) is 5.11 Å². The lowest BCUT2D eigenvalue weighted by Crippen LogP contribution is -2.49. The third-order valence-electron chi connectivity index (χ3n) is 2.32. The van der Waals surface area contributed by atoms with Gasteiger partial charge in [0.2, 0.25) is 5.91 Å². The molecule has 0 aromatic rings. The van der Waals surface area contributed by atoms with Gasteiger partial charge in [0.25, 0.3) is 0 Å². The highest BCUT2D eigenvalue weighted by atomic mass is 16.4. The number of carbonyl (C=O) groups excluding carboxylic acids is 1. The lowest BCUT2D eigenvalue weighted by atomic mass is 9.88. The Labute approximate surface area is 77.3 Å². The Bertz CT molecular complexity index is 237. The molecule has 0 aliphatic carbocycles. The van der Waals surface area contributed by atoms with Crippen molar-refractivity contribution in [3.8, 4) is 0 Å². The number of nitrogens with one attached hydrogen (secondary N) is 1. The van der Waals surface area contributed by atoms with Crippen molar-refractivity contribution in [2.75, 3.05) is 0 Å². The van der Waals surface area contributed by atoms with Gasteiger partial charge in [0, 0.05) is 6.42 Å². The van der Waals surface area contributed by atoms with Crippen LogP contribution in [0.5, 0.6) is 0 Å². The molecule has 0 bridgehead atoms. The van der Waals surface area contributed by atoms with Crippen LogP contribution in [0, 0.1) is 5.92 Å². The summed E-state index contributed by atoms with van der Waals surface area (Å²) < 4.78 is 0. The number of carbonyl (C=O) groups is 2. The second-order valence-electron chi connectivity index (χ2n) is 4.03. The first-order valence-electron chi connectivity index (χ1n) is 4.51. The van der Waals surface area contributed by atoms with Crippen molar-refractivity contribution in [3.63, 3.8) is 0 Å². The zero-order valence-electron chi connectivity index (χ0n) is 7.96. The number of hydrogen-bond acceptors (Lipinski definition) is 2. The summed E-state index contributed by atoms with van der Waals surface area (Å²) >= 11 is 0. The molecule has 13 heavy (non-hydrogen) atoms. The van der Waals surface area contributed by atoms with Gasteiger partial charge in [0.1, 0.15) is 5.54 Å². The summed E-state index contributed by atoms with van der Waals surface area (Å²) in [6.07, 6.45) is 1.26. The maximum absolute atomic E-state index is 11.0. The van der Waals surface area contributed by atoms with Gasteiger partial charge in [-0.25, -0.2) is 4.79 Å². The summed E-state index contributed by atoms with van der Waals surface area (Å²) in [4.78, 5) is 22.0. The van der Waals surface area contributed by atoms with Crippen LogP contribution in [0.4, 0.5) is 0 Å². The van der Waals surface area contributed by atoms with E-state index in [0.29, 0.717) is 19.3 Å². The van der Waals surface area contributed by atoms with Crippen molar-refractivity contribution >= 4 is 11.9 Å². The van der Waals surface area contributed by atoms with Gasteiger partial charge in [-0.2, -0.15) is 0 Å². The van der Waals surface area contributed by atoms with Crippen LogP contribution >= 0.6 is 0 Å². The van der Waals surface area contributed by atoms with Gasteiger partial charge in [-0.05, 0) is 18.8 Å². The maximum atomic E-state index is 11.0. The highest BCUT2D eigenvalue weighted by Gasteiger charge is 2.44. The van der Waals surface area contributed by atoms with Gasteiger partial charge >= 0.3 is 5.97 Å². The van der Waals surface area contributed by atoms with Gasteiger partial charge in [-0.15, -0.1) is 0 Å². The molecule has 2 N–H and O–H groups in total. The zero-order valence-corrected chi connectivity index (χ0v) is 7.96. The standard InChI is InChI=1S/C9H15NO3/c1-6(2)5-9(8(12)13)4-3-7(11)10-9/h6H,3-5H2,1-2H3,(H,10,11)(H,12,13). The first kappa shape index (κ1) is 10.0. The normalized spacial score (nSPS) is 27.8. The summed E-state index contributed by atoms with van der Waals surface area (Å²) in [5, 5.41) is 11.6. The third-order valence-corrected chi connectivity index (χ3v) is 2.32. The smallest absolute Gasteiger partial charge is 0.329 e. The van der Waals surface area contributed by atoms with Crippen molar-refractivity contribution < 1.29 is 14.7 Å². The van der Waals surface area contributed by atoms with Gasteiger partial charge in [-0.1, -0.05) is 13.8 Å². The van der Waals surface area contributed by atoms with Gasteiger partial charge < -0.3 is 10.4 Å². The molecule has 1 rings (SSSR count). The molecule has 1 heterocycles. The first-order valence-corrected chi connectivity index (χ1v) is 4.51. The Morgan fingerprint density at radius 2 is 2.31 bits per heavy atom. The van der Waals surface area contributed by atoms with E-state index in [2.05, 4.69) is 5.32 Å². The highest BCUT2D eigenvalue weighted by molar-refractivity contribution is 5.90. The van der Waals surface area contributed by atoms with E-state index in [1.54, 1.807) is 0 Å². The number of amides is 1. The third kappa shape index (κ3) is 1.99. The molecular formula is C9H15NO3. The molecule has 1 saturated heterocycles. The fourth-order valence-corrected chi connectivity index (χ4v) is 1.82. The van der Waals surface area contributed by atoms with Crippen LogP contribution in [-0.4, -0.2) is 22.5 Å². The summed E-state index contributed by atoms with van der Waals surface area (Å²) in [5.41, 5.74) is -0.995. The molecule has 1 unspecified atom stereocenters. The Balaban J connectivity index is 2.77. The molecule has 0 radical (unpaired) electrons. The number of rotatable bonds is 3. The predicted octanol–water partition coefficient (Wildman–Crippen LogP) is 0.766. The van der Waals surface area contributed by atoms with E-state index in [-0.39, 0.29) is 11.8 Å². The number of carboxylic acid groups (broad SMARTS) is 1. The van der Waals surface area contributed by atoms with Gasteiger partial charge in [-0.3, -0.25) is 4.79 Å². The summed E-state index contributed by atoms with van der Waals surface area (Å²) in [6.45, 7) is 3.91. The van der Waals surface area contributed by atoms with Crippen LogP contribution < -0.4 is 5.32 Å². The van der Waals surface area contributed by atoms with Crippen LogP contribution in [0.3, 0.4) is 0 Å². The van der Waals surface area contributed by atoms with E-state index >= 15 is 0 Å². The molecule has 74 valence electrons. The quantitative estimate of drug-likeness (QED) is 0.682. The summed E-state index contributed by atoms with van der Waals surface area (Å²) in [6, 6.07) is 0. The lowest BCUT2D eigenvalue weighted by Gasteiger charge is -2.25. The summed E-state index contributed by atoms with van der Waals surface area (Å²) in [5.74, 6) is -0.787. The monoisotopic (exact) mass is 185 g/mol. The van der Waals surface area contributed by atoms with Gasteiger partial charge in [0.05, 0.1) is 0 Å². The maximum Gasteiger partial charge on any atom is 0.329 e. The van der Waals surface area contributed by atoms with Crippen molar-refractivity contribution in [3.05, 3.63) is 0 Å². The van der Waals surface area contributed by atoms with E-state index in [1.165, 1.54) is 0 Å². The second kappa shape index (κ2) is 3.36. The zero-order chi connectivity index (χ0) is 10.1. The summed E-state index contributed by atoms with van der Waals surface area (Å²) in [7, 11) is 0. The van der Waals surface area contributed by atoms with Gasteiger partial charge in [0.15, 0.2) is 0 Å². The second-order valence-corrected chi connectivity index (χ2v) is 4.03. The van der Waals surface area contributed by atoms with Crippen LogP contribution in [0.25, 0.3) is 0 Å².